The minimum absolute atomic E-state index is 0.164. The molecule has 0 atom stereocenters. The van der Waals surface area contributed by atoms with Crippen LogP contribution in [0.3, 0.4) is 0 Å². The van der Waals surface area contributed by atoms with E-state index >= 15 is 0 Å². The second kappa shape index (κ2) is 3.65. The summed E-state index contributed by atoms with van der Waals surface area (Å²) in [5.74, 6) is -0.821. The van der Waals surface area contributed by atoms with E-state index in [1.165, 1.54) is 6.07 Å². The Morgan fingerprint density at radius 2 is 2.17 bits per heavy atom. The average Bonchev–Trinajstić information content (AvgIpc) is 1.82. The van der Waals surface area contributed by atoms with E-state index in [2.05, 4.69) is 15.9 Å². The van der Waals surface area contributed by atoms with Crippen LogP contribution in [0.25, 0.3) is 0 Å². The van der Waals surface area contributed by atoms with Gasteiger partial charge in [-0.3, -0.25) is 10.1 Å². The minimum Gasteiger partial charge on any atom is -0.258 e. The van der Waals surface area contributed by atoms with E-state index in [9.17, 15) is 14.5 Å². The van der Waals surface area contributed by atoms with Crippen LogP contribution in [0.4, 0.5) is 10.1 Å². The Labute approximate surface area is 89.4 Å². The van der Waals surface area contributed by atoms with Gasteiger partial charge < -0.3 is 0 Å². The fourth-order valence-corrected chi connectivity index (χ4v) is 2.30. The lowest BCUT2D eigenvalue weighted by Gasteiger charge is -1.97. The van der Waals surface area contributed by atoms with Crippen molar-refractivity contribution in [2.24, 2.45) is 0 Å². The molecule has 0 aliphatic rings. The van der Waals surface area contributed by atoms with Crippen molar-refractivity contribution in [3.05, 3.63) is 36.1 Å². The van der Waals surface area contributed by atoms with Gasteiger partial charge in [0.1, 0.15) is 0 Å². The highest BCUT2D eigenvalue weighted by Crippen LogP contribution is 2.29. The zero-order valence-electron chi connectivity index (χ0n) is 5.55. The highest BCUT2D eigenvalue weighted by atomic mass is 127. The van der Waals surface area contributed by atoms with Crippen molar-refractivity contribution in [3.63, 3.8) is 0 Å². The zero-order valence-corrected chi connectivity index (χ0v) is 9.30. The van der Waals surface area contributed by atoms with Crippen molar-refractivity contribution in [2.45, 2.75) is 0 Å². The number of hydrogen-bond donors (Lipinski definition) is 0. The van der Waals surface area contributed by atoms with Crippen molar-refractivity contribution in [2.75, 3.05) is 0 Å². The van der Waals surface area contributed by atoms with Gasteiger partial charge >= 0.3 is 5.69 Å². The lowest BCUT2D eigenvalue weighted by molar-refractivity contribution is -0.388. The molecule has 0 heterocycles. The molecule has 0 saturated carbocycles. The molecule has 3 nitrogen and oxygen atoms in total. The monoisotopic (exact) mass is 345 g/mol. The van der Waals surface area contributed by atoms with E-state index in [1.807, 2.05) is 22.6 Å². The topological polar surface area (TPSA) is 43.1 Å². The summed E-state index contributed by atoms with van der Waals surface area (Å²) < 4.78 is 13.7. The van der Waals surface area contributed by atoms with Gasteiger partial charge in [0.05, 0.1) is 9.40 Å². The quantitative estimate of drug-likeness (QED) is 0.446. The van der Waals surface area contributed by atoms with Gasteiger partial charge in [0.25, 0.3) is 0 Å². The van der Waals surface area contributed by atoms with Gasteiger partial charge in [0.2, 0.25) is 5.82 Å². The highest BCUT2D eigenvalue weighted by Gasteiger charge is 2.18. The van der Waals surface area contributed by atoms with Gasteiger partial charge in [-0.1, -0.05) is 0 Å². The largest absolute Gasteiger partial charge is 0.318 e. The smallest absolute Gasteiger partial charge is 0.258 e. The molecule has 0 spiro atoms. The van der Waals surface area contributed by atoms with Crippen molar-refractivity contribution in [1.82, 2.24) is 0 Å². The number of nitrogens with zero attached hydrogens (tertiary/aromatic N) is 1. The van der Waals surface area contributed by atoms with Crippen LogP contribution in [0.15, 0.2) is 16.6 Å². The fraction of sp³-hybridized carbons (Fsp3) is 0. The molecule has 64 valence electrons. The molecule has 1 aromatic rings. The van der Waals surface area contributed by atoms with Crippen molar-refractivity contribution < 1.29 is 9.31 Å². The van der Waals surface area contributed by atoms with E-state index in [4.69, 9.17) is 0 Å². The first-order valence-corrected chi connectivity index (χ1v) is 4.68. The van der Waals surface area contributed by atoms with Crippen molar-refractivity contribution in [3.8, 4) is 0 Å². The summed E-state index contributed by atoms with van der Waals surface area (Å²) in [5, 5.41) is 10.3. The van der Waals surface area contributed by atoms with Crippen LogP contribution in [0.1, 0.15) is 0 Å². The highest BCUT2D eigenvalue weighted by molar-refractivity contribution is 14.1. The van der Waals surface area contributed by atoms with E-state index in [-0.39, 0.29) is 4.47 Å². The normalized spacial score (nSPS) is 9.92. The minimum atomic E-state index is -0.821. The third-order valence-electron chi connectivity index (χ3n) is 1.16. The van der Waals surface area contributed by atoms with E-state index in [0.29, 0.717) is 3.57 Å². The number of halogens is 3. The average molecular weight is 346 g/mol. The predicted octanol–water partition coefficient (Wildman–Crippen LogP) is 3.10. The van der Waals surface area contributed by atoms with Crippen LogP contribution >= 0.6 is 38.5 Å². The molecule has 6 heteroatoms. The zero-order chi connectivity index (χ0) is 9.30. The molecule has 0 N–H and O–H groups in total. The van der Waals surface area contributed by atoms with E-state index in [1.54, 1.807) is 0 Å². The van der Waals surface area contributed by atoms with Crippen LogP contribution in [0.2, 0.25) is 0 Å². The van der Waals surface area contributed by atoms with Crippen LogP contribution in [0.5, 0.6) is 0 Å². The summed E-state index contributed by atoms with van der Waals surface area (Å²) in [6.45, 7) is 0. The van der Waals surface area contributed by atoms with Crippen LogP contribution in [-0.4, -0.2) is 4.92 Å². The molecule has 0 unspecified atom stereocenters. The predicted molar refractivity (Wildman–Crippen MR) is 53.5 cm³/mol. The Morgan fingerprint density at radius 1 is 1.58 bits per heavy atom. The Morgan fingerprint density at radius 3 is 2.58 bits per heavy atom. The van der Waals surface area contributed by atoms with Crippen molar-refractivity contribution >= 4 is 44.2 Å². The standard InChI is InChI=1S/C6H2BrFINO2/c7-4-1-3(9)2-5(8)6(4)10(11)12/h1-2H. The lowest BCUT2D eigenvalue weighted by Crippen LogP contribution is -1.94. The molecule has 0 aliphatic heterocycles. The van der Waals surface area contributed by atoms with Crippen LogP contribution < -0.4 is 0 Å². The summed E-state index contributed by atoms with van der Waals surface area (Å²) >= 11 is 4.79. The SMILES string of the molecule is O=[N+]([O-])c1c(F)cc(I)cc1Br. The maximum Gasteiger partial charge on any atom is 0.318 e. The molecule has 0 aliphatic carbocycles. The Balaban J connectivity index is 3.38. The number of hydrogen-bond acceptors (Lipinski definition) is 2. The van der Waals surface area contributed by atoms with Crippen LogP contribution in [-0.2, 0) is 0 Å². The number of benzene rings is 1. The number of nitro benzene ring substituents is 1. The molecule has 0 fully saturated rings. The lowest BCUT2D eigenvalue weighted by atomic mass is 10.3. The first kappa shape index (κ1) is 9.85. The summed E-state index contributed by atoms with van der Waals surface area (Å²) in [6.07, 6.45) is 0. The maximum atomic E-state index is 12.9. The molecule has 1 rings (SSSR count). The Hall–Kier alpha value is -0.240. The fourth-order valence-electron chi connectivity index (χ4n) is 0.709. The van der Waals surface area contributed by atoms with Gasteiger partial charge in [-0.2, -0.15) is 4.39 Å². The summed E-state index contributed by atoms with van der Waals surface area (Å²) in [6, 6.07) is 2.60. The first-order valence-electron chi connectivity index (χ1n) is 2.81. The molecule has 0 bridgehead atoms. The van der Waals surface area contributed by atoms with Gasteiger partial charge in [-0.05, 0) is 50.7 Å². The molecular weight excluding hydrogens is 344 g/mol. The molecule has 0 amide bonds. The third-order valence-corrected chi connectivity index (χ3v) is 2.39. The molecule has 12 heavy (non-hydrogen) atoms. The Bertz CT molecular complexity index is 321. The van der Waals surface area contributed by atoms with Crippen molar-refractivity contribution in [1.29, 1.82) is 0 Å². The second-order valence-corrected chi connectivity index (χ2v) is 4.08. The second-order valence-electron chi connectivity index (χ2n) is 1.98. The number of nitro groups is 1. The van der Waals surface area contributed by atoms with Gasteiger partial charge in [0.15, 0.2) is 0 Å². The molecule has 0 aromatic heterocycles. The summed E-state index contributed by atoms with van der Waals surface area (Å²) in [4.78, 5) is 9.53. The number of rotatable bonds is 1. The van der Waals surface area contributed by atoms with E-state index in [0.717, 1.165) is 6.07 Å². The maximum absolute atomic E-state index is 12.9. The van der Waals surface area contributed by atoms with Crippen LogP contribution in [0, 0.1) is 19.5 Å². The first-order chi connectivity index (χ1) is 5.52. The third kappa shape index (κ3) is 1.92. The molecular formula is C6H2BrFINO2. The molecule has 0 saturated heterocycles. The van der Waals surface area contributed by atoms with E-state index < -0.39 is 16.4 Å². The summed E-state index contributed by atoms with van der Waals surface area (Å²) in [7, 11) is 0. The Kier molecular flexibility index (Phi) is 2.99. The van der Waals surface area contributed by atoms with Gasteiger partial charge in [-0.15, -0.1) is 0 Å². The summed E-state index contributed by atoms with van der Waals surface area (Å²) in [5.41, 5.74) is -0.518. The van der Waals surface area contributed by atoms with Gasteiger partial charge in [-0.25, -0.2) is 0 Å². The molecule has 0 radical (unpaired) electrons. The van der Waals surface area contributed by atoms with Gasteiger partial charge in [0, 0.05) is 3.57 Å². The molecule has 1 aromatic carbocycles.